The van der Waals surface area contributed by atoms with Crippen molar-refractivity contribution in [2.45, 2.75) is 102 Å². The number of fused-ring (bicyclic) bond motifs is 3. The second kappa shape index (κ2) is 14.2. The van der Waals surface area contributed by atoms with E-state index in [1.54, 1.807) is 0 Å². The first-order valence-electron chi connectivity index (χ1n) is 20.4. The van der Waals surface area contributed by atoms with E-state index in [1.165, 1.54) is 142 Å². The van der Waals surface area contributed by atoms with Crippen LogP contribution in [0.2, 0.25) is 0 Å². The largest absolute Gasteiger partial charge is 0.310 e. The highest BCUT2D eigenvalue weighted by atomic mass is 15.1. The standard InChI is InChI=1S/C52H53N/c1-36-46(41-26-24-39(25-27-41)37-14-6-4-7-15-37)21-13-22-47(36)42-18-12-19-44(34-42)53(43-30-28-40(29-31-43)38-16-8-5-9-17-38)45-32-33-49-48-20-10-11-23-50(48)52(2,3)51(49)35-45/h10-13,18-35,37-38H,4-9,14-17H2,1-3H3. The smallest absolute Gasteiger partial charge is 0.0467 e. The van der Waals surface area contributed by atoms with E-state index in [1.807, 2.05) is 0 Å². The molecule has 0 atom stereocenters. The topological polar surface area (TPSA) is 3.24 Å². The Kier molecular flexibility index (Phi) is 9.07. The summed E-state index contributed by atoms with van der Waals surface area (Å²) in [6.07, 6.45) is 13.5. The zero-order chi connectivity index (χ0) is 35.9. The Balaban J connectivity index is 1.10. The molecule has 0 saturated heterocycles. The van der Waals surface area contributed by atoms with Crippen LogP contribution < -0.4 is 4.90 Å². The fourth-order valence-electron chi connectivity index (χ4n) is 10.1. The Morgan fingerprint density at radius 2 is 0.962 bits per heavy atom. The summed E-state index contributed by atoms with van der Waals surface area (Å²) >= 11 is 0. The Morgan fingerprint density at radius 3 is 1.64 bits per heavy atom. The molecule has 2 fully saturated rings. The Bertz CT molecular complexity index is 2230. The quantitative estimate of drug-likeness (QED) is 0.161. The van der Waals surface area contributed by atoms with E-state index in [9.17, 15) is 0 Å². The van der Waals surface area contributed by atoms with Crippen LogP contribution in [-0.2, 0) is 5.41 Å². The van der Waals surface area contributed by atoms with Gasteiger partial charge in [-0.05, 0) is 142 Å². The van der Waals surface area contributed by atoms with Gasteiger partial charge in [0, 0.05) is 22.5 Å². The SMILES string of the molecule is Cc1c(-c2ccc(C3CCCCC3)cc2)cccc1-c1cccc(N(c2ccc(C3CCCCC3)cc2)c2ccc3c(c2)C(C)(C)c2ccccc2-3)c1. The second-order valence-electron chi connectivity index (χ2n) is 16.6. The minimum absolute atomic E-state index is 0.0630. The fraction of sp³-hybridized carbons (Fsp3) is 0.308. The van der Waals surface area contributed by atoms with Gasteiger partial charge in [-0.2, -0.15) is 0 Å². The van der Waals surface area contributed by atoms with Gasteiger partial charge in [0.1, 0.15) is 0 Å². The lowest BCUT2D eigenvalue weighted by atomic mass is 9.82. The molecule has 0 amide bonds. The van der Waals surface area contributed by atoms with Crippen LogP contribution in [0.4, 0.5) is 17.1 Å². The molecular weight excluding hydrogens is 639 g/mol. The summed E-state index contributed by atoms with van der Waals surface area (Å²) in [6, 6.07) is 51.2. The van der Waals surface area contributed by atoms with Crippen molar-refractivity contribution in [1.82, 2.24) is 0 Å². The highest BCUT2D eigenvalue weighted by Gasteiger charge is 2.35. The van der Waals surface area contributed by atoms with E-state index in [0.29, 0.717) is 5.92 Å². The van der Waals surface area contributed by atoms with Gasteiger partial charge in [-0.25, -0.2) is 0 Å². The van der Waals surface area contributed by atoms with Gasteiger partial charge >= 0.3 is 0 Å². The van der Waals surface area contributed by atoms with Crippen molar-refractivity contribution in [2.75, 3.05) is 4.90 Å². The summed E-state index contributed by atoms with van der Waals surface area (Å²) in [5, 5.41) is 0. The van der Waals surface area contributed by atoms with E-state index >= 15 is 0 Å². The molecule has 0 spiro atoms. The number of hydrogen-bond acceptors (Lipinski definition) is 1. The molecule has 0 aliphatic heterocycles. The van der Waals surface area contributed by atoms with Crippen molar-refractivity contribution < 1.29 is 0 Å². The summed E-state index contributed by atoms with van der Waals surface area (Å²) in [5.41, 5.74) is 18.6. The first kappa shape index (κ1) is 33.9. The third-order valence-corrected chi connectivity index (χ3v) is 13.1. The normalized spacial score (nSPS) is 17.0. The van der Waals surface area contributed by atoms with Crippen molar-refractivity contribution in [2.24, 2.45) is 0 Å². The van der Waals surface area contributed by atoms with E-state index in [4.69, 9.17) is 0 Å². The molecular formula is C52H53N. The highest BCUT2D eigenvalue weighted by molar-refractivity contribution is 5.87. The van der Waals surface area contributed by atoms with E-state index in [2.05, 4.69) is 159 Å². The third-order valence-electron chi connectivity index (χ3n) is 13.1. The average molecular weight is 692 g/mol. The van der Waals surface area contributed by atoms with Gasteiger partial charge in [0.15, 0.2) is 0 Å². The zero-order valence-corrected chi connectivity index (χ0v) is 31.9. The molecule has 3 aliphatic carbocycles. The lowest BCUT2D eigenvalue weighted by molar-refractivity contribution is 0.443. The predicted molar refractivity (Wildman–Crippen MR) is 226 cm³/mol. The molecule has 3 aliphatic rings. The van der Waals surface area contributed by atoms with Crippen LogP contribution in [0.5, 0.6) is 0 Å². The molecule has 1 nitrogen and oxygen atoms in total. The lowest BCUT2D eigenvalue weighted by Gasteiger charge is -2.29. The summed E-state index contributed by atoms with van der Waals surface area (Å²) in [6.45, 7) is 7.06. The van der Waals surface area contributed by atoms with Gasteiger partial charge in [-0.15, -0.1) is 0 Å². The van der Waals surface area contributed by atoms with Gasteiger partial charge in [0.2, 0.25) is 0 Å². The molecule has 0 aromatic heterocycles. The zero-order valence-electron chi connectivity index (χ0n) is 31.9. The van der Waals surface area contributed by atoms with Crippen molar-refractivity contribution in [3.05, 3.63) is 161 Å². The summed E-state index contributed by atoms with van der Waals surface area (Å²) in [7, 11) is 0. The average Bonchev–Trinajstić information content (AvgIpc) is 3.44. The first-order valence-corrected chi connectivity index (χ1v) is 20.4. The van der Waals surface area contributed by atoms with Crippen LogP contribution in [0.25, 0.3) is 33.4 Å². The molecule has 0 N–H and O–H groups in total. The van der Waals surface area contributed by atoms with Crippen LogP contribution >= 0.6 is 0 Å². The Labute approximate surface area is 317 Å². The molecule has 6 aromatic rings. The number of nitrogens with zero attached hydrogens (tertiary/aromatic N) is 1. The number of anilines is 3. The number of benzene rings is 6. The lowest BCUT2D eigenvalue weighted by Crippen LogP contribution is -2.16. The first-order chi connectivity index (χ1) is 26.0. The maximum absolute atomic E-state index is 2.48. The van der Waals surface area contributed by atoms with Crippen LogP contribution in [0, 0.1) is 6.92 Å². The molecule has 6 aromatic carbocycles. The van der Waals surface area contributed by atoms with Crippen LogP contribution in [-0.4, -0.2) is 0 Å². The summed E-state index contributed by atoms with van der Waals surface area (Å²) in [5.74, 6) is 1.42. The molecule has 1 heteroatoms. The molecule has 0 unspecified atom stereocenters. The van der Waals surface area contributed by atoms with Crippen LogP contribution in [0.15, 0.2) is 133 Å². The number of hydrogen-bond donors (Lipinski definition) is 0. The summed E-state index contributed by atoms with van der Waals surface area (Å²) in [4.78, 5) is 2.48. The van der Waals surface area contributed by atoms with Gasteiger partial charge in [-0.3, -0.25) is 0 Å². The molecule has 266 valence electrons. The monoisotopic (exact) mass is 691 g/mol. The highest BCUT2D eigenvalue weighted by Crippen LogP contribution is 2.51. The van der Waals surface area contributed by atoms with Crippen LogP contribution in [0.3, 0.4) is 0 Å². The van der Waals surface area contributed by atoms with E-state index < -0.39 is 0 Å². The molecule has 2 saturated carbocycles. The van der Waals surface area contributed by atoms with Gasteiger partial charge in [-0.1, -0.05) is 149 Å². The Hall–Kier alpha value is -4.88. The molecule has 0 heterocycles. The van der Waals surface area contributed by atoms with Gasteiger partial charge in [0.25, 0.3) is 0 Å². The van der Waals surface area contributed by atoms with E-state index in [-0.39, 0.29) is 5.41 Å². The minimum Gasteiger partial charge on any atom is -0.310 e. The van der Waals surface area contributed by atoms with Gasteiger partial charge in [0.05, 0.1) is 0 Å². The fourth-order valence-corrected chi connectivity index (χ4v) is 10.1. The minimum atomic E-state index is -0.0630. The molecule has 9 rings (SSSR count). The van der Waals surface area contributed by atoms with Crippen molar-refractivity contribution in [1.29, 1.82) is 0 Å². The van der Waals surface area contributed by atoms with Crippen molar-refractivity contribution in [3.8, 4) is 33.4 Å². The van der Waals surface area contributed by atoms with Crippen LogP contribution in [0.1, 0.15) is 118 Å². The molecule has 0 radical (unpaired) electrons. The number of rotatable bonds is 7. The maximum atomic E-state index is 2.48. The second-order valence-corrected chi connectivity index (χ2v) is 16.6. The van der Waals surface area contributed by atoms with Gasteiger partial charge < -0.3 is 4.90 Å². The summed E-state index contributed by atoms with van der Waals surface area (Å²) < 4.78 is 0. The maximum Gasteiger partial charge on any atom is 0.0467 e. The van der Waals surface area contributed by atoms with E-state index in [0.717, 1.165) is 5.92 Å². The third kappa shape index (κ3) is 6.33. The Morgan fingerprint density at radius 1 is 0.434 bits per heavy atom. The predicted octanol–water partition coefficient (Wildman–Crippen LogP) is 15.2. The van der Waals surface area contributed by atoms with Crippen molar-refractivity contribution >= 4 is 17.1 Å². The molecule has 53 heavy (non-hydrogen) atoms. The van der Waals surface area contributed by atoms with Crippen molar-refractivity contribution in [3.63, 3.8) is 0 Å². The molecule has 0 bridgehead atoms.